The maximum atomic E-state index is 9.22. The first kappa shape index (κ1) is 16.8. The molecule has 0 spiro atoms. The van der Waals surface area contributed by atoms with Crippen LogP contribution in [0.1, 0.15) is 45.0 Å². The highest BCUT2D eigenvalue weighted by Gasteiger charge is 2.15. The summed E-state index contributed by atoms with van der Waals surface area (Å²) < 4.78 is 12.9. The van der Waals surface area contributed by atoms with Gasteiger partial charge in [0, 0.05) is 6.07 Å². The van der Waals surface area contributed by atoms with Crippen LogP contribution < -0.4 is 9.47 Å². The Labute approximate surface area is 136 Å². The first-order valence-electron chi connectivity index (χ1n) is 7.99. The quantitative estimate of drug-likeness (QED) is 0.747. The highest BCUT2D eigenvalue weighted by atomic mass is 16.5. The largest absolute Gasteiger partial charge is 0.490 e. The molecule has 0 saturated heterocycles. The van der Waals surface area contributed by atoms with Crippen LogP contribution in [0.15, 0.2) is 18.2 Å². The number of rotatable bonds is 8. The lowest BCUT2D eigenvalue weighted by Crippen LogP contribution is -2.05. The summed E-state index contributed by atoms with van der Waals surface area (Å²) in [6.07, 6.45) is 2.80. The molecule has 0 fully saturated rings. The van der Waals surface area contributed by atoms with Crippen LogP contribution in [-0.4, -0.2) is 28.2 Å². The normalized spacial score (nSPS) is 10.3. The van der Waals surface area contributed by atoms with Crippen LogP contribution >= 0.6 is 0 Å². The average molecular weight is 314 g/mol. The van der Waals surface area contributed by atoms with Crippen LogP contribution in [0, 0.1) is 11.3 Å². The van der Waals surface area contributed by atoms with E-state index < -0.39 is 0 Å². The van der Waals surface area contributed by atoms with Gasteiger partial charge in [-0.1, -0.05) is 18.6 Å². The average Bonchev–Trinajstić information content (AvgIpc) is 2.97. The molecular weight excluding hydrogens is 292 g/mol. The van der Waals surface area contributed by atoms with E-state index in [-0.39, 0.29) is 0 Å². The van der Waals surface area contributed by atoms with Crippen molar-refractivity contribution in [3.63, 3.8) is 0 Å². The Morgan fingerprint density at radius 2 is 1.87 bits per heavy atom. The van der Waals surface area contributed by atoms with Gasteiger partial charge in [0.15, 0.2) is 17.2 Å². The second-order valence-electron chi connectivity index (χ2n) is 5.01. The molecule has 0 aliphatic heterocycles. The monoisotopic (exact) mass is 314 g/mol. The molecule has 1 aromatic carbocycles. The minimum atomic E-state index is 0.380. The number of hydrogen-bond donors (Lipinski definition) is 0. The number of unbranched alkanes of at least 4 members (excludes halogenated alkanes) is 1. The van der Waals surface area contributed by atoms with Crippen LogP contribution in [0.2, 0.25) is 0 Å². The minimum Gasteiger partial charge on any atom is -0.490 e. The standard InChI is InChI=1S/C17H22N4O2/c1-4-7-8-15-14(12-18)19-20-21(15)13-9-10-16(22-5-2)17(11-13)23-6-3/h9-11H,4-8H2,1-3H3. The molecule has 0 aliphatic carbocycles. The lowest BCUT2D eigenvalue weighted by atomic mass is 10.1. The van der Waals surface area contributed by atoms with Crippen molar-refractivity contribution in [3.8, 4) is 23.3 Å². The van der Waals surface area contributed by atoms with Crippen molar-refractivity contribution in [1.82, 2.24) is 15.0 Å². The van der Waals surface area contributed by atoms with Gasteiger partial charge in [-0.15, -0.1) is 5.10 Å². The van der Waals surface area contributed by atoms with Crippen molar-refractivity contribution < 1.29 is 9.47 Å². The molecule has 2 rings (SSSR count). The second kappa shape index (κ2) is 8.18. The van der Waals surface area contributed by atoms with Gasteiger partial charge in [-0.05, 0) is 38.8 Å². The van der Waals surface area contributed by atoms with E-state index in [1.807, 2.05) is 32.0 Å². The molecule has 23 heavy (non-hydrogen) atoms. The predicted octanol–water partition coefficient (Wildman–Crippen LogP) is 3.28. The van der Waals surface area contributed by atoms with E-state index in [9.17, 15) is 5.26 Å². The molecule has 6 heteroatoms. The molecule has 0 bridgehead atoms. The lowest BCUT2D eigenvalue weighted by Gasteiger charge is -2.13. The molecular formula is C17H22N4O2. The zero-order valence-electron chi connectivity index (χ0n) is 13.9. The van der Waals surface area contributed by atoms with Crippen molar-refractivity contribution in [3.05, 3.63) is 29.6 Å². The SMILES string of the molecule is CCCCc1c(C#N)nnn1-c1ccc(OCC)c(OCC)c1. The molecule has 0 aliphatic rings. The molecule has 0 N–H and O–H groups in total. The fourth-order valence-electron chi connectivity index (χ4n) is 2.34. The number of nitriles is 1. The van der Waals surface area contributed by atoms with Crippen LogP contribution in [0.4, 0.5) is 0 Å². The van der Waals surface area contributed by atoms with E-state index in [1.165, 1.54) is 0 Å². The summed E-state index contributed by atoms with van der Waals surface area (Å²) in [5.41, 5.74) is 2.03. The van der Waals surface area contributed by atoms with Crippen molar-refractivity contribution in [2.24, 2.45) is 0 Å². The van der Waals surface area contributed by atoms with Crippen molar-refractivity contribution >= 4 is 0 Å². The first-order valence-corrected chi connectivity index (χ1v) is 7.99. The molecule has 6 nitrogen and oxygen atoms in total. The highest BCUT2D eigenvalue weighted by molar-refractivity contribution is 5.49. The molecule has 1 heterocycles. The van der Waals surface area contributed by atoms with Crippen LogP contribution in [0.5, 0.6) is 11.5 Å². The van der Waals surface area contributed by atoms with Gasteiger partial charge in [0.1, 0.15) is 6.07 Å². The van der Waals surface area contributed by atoms with Gasteiger partial charge in [-0.25, -0.2) is 4.68 Å². The number of aromatic nitrogens is 3. The Morgan fingerprint density at radius 3 is 2.52 bits per heavy atom. The summed E-state index contributed by atoms with van der Waals surface area (Å²) in [4.78, 5) is 0. The first-order chi connectivity index (χ1) is 11.2. The van der Waals surface area contributed by atoms with Gasteiger partial charge < -0.3 is 9.47 Å². The summed E-state index contributed by atoms with van der Waals surface area (Å²) in [6, 6.07) is 7.75. The van der Waals surface area contributed by atoms with Gasteiger partial charge >= 0.3 is 0 Å². The van der Waals surface area contributed by atoms with E-state index in [4.69, 9.17) is 9.47 Å². The Bertz CT molecular complexity index is 688. The Morgan fingerprint density at radius 1 is 1.13 bits per heavy atom. The Hall–Kier alpha value is -2.55. The summed E-state index contributed by atoms with van der Waals surface area (Å²) in [6.45, 7) is 7.10. The van der Waals surface area contributed by atoms with Crippen molar-refractivity contribution in [2.75, 3.05) is 13.2 Å². The molecule has 122 valence electrons. The number of nitrogens with zero attached hydrogens (tertiary/aromatic N) is 4. The molecule has 2 aromatic rings. The summed E-state index contributed by atoms with van der Waals surface area (Å²) in [7, 11) is 0. The predicted molar refractivity (Wildman–Crippen MR) is 87.0 cm³/mol. The van der Waals surface area contributed by atoms with E-state index in [2.05, 4.69) is 23.3 Å². The molecule has 0 atom stereocenters. The van der Waals surface area contributed by atoms with Gasteiger partial charge in [0.05, 0.1) is 24.6 Å². The topological polar surface area (TPSA) is 73.0 Å². The third-order valence-electron chi connectivity index (χ3n) is 3.41. The van der Waals surface area contributed by atoms with Crippen molar-refractivity contribution in [2.45, 2.75) is 40.0 Å². The molecule has 0 radical (unpaired) electrons. The zero-order chi connectivity index (χ0) is 16.7. The van der Waals surface area contributed by atoms with E-state index in [0.717, 1.165) is 30.6 Å². The van der Waals surface area contributed by atoms with Crippen molar-refractivity contribution in [1.29, 1.82) is 5.26 Å². The maximum Gasteiger partial charge on any atom is 0.186 e. The van der Waals surface area contributed by atoms with Gasteiger partial charge in [0.2, 0.25) is 0 Å². The van der Waals surface area contributed by atoms with Crippen LogP contribution in [0.3, 0.4) is 0 Å². The van der Waals surface area contributed by atoms with Gasteiger partial charge in [-0.2, -0.15) is 5.26 Å². The van der Waals surface area contributed by atoms with E-state index in [0.29, 0.717) is 30.4 Å². The van der Waals surface area contributed by atoms with Gasteiger partial charge in [-0.3, -0.25) is 0 Å². The van der Waals surface area contributed by atoms with Crippen LogP contribution in [-0.2, 0) is 6.42 Å². The van der Waals surface area contributed by atoms with Gasteiger partial charge in [0.25, 0.3) is 0 Å². The molecule has 0 unspecified atom stereocenters. The summed E-state index contributed by atoms with van der Waals surface area (Å²) in [5.74, 6) is 1.37. The third kappa shape index (κ3) is 3.81. The third-order valence-corrected chi connectivity index (χ3v) is 3.41. The fourth-order valence-corrected chi connectivity index (χ4v) is 2.34. The van der Waals surface area contributed by atoms with E-state index >= 15 is 0 Å². The molecule has 0 amide bonds. The second-order valence-corrected chi connectivity index (χ2v) is 5.01. The number of benzene rings is 1. The maximum absolute atomic E-state index is 9.22. The Kier molecular flexibility index (Phi) is 5.98. The summed E-state index contributed by atoms with van der Waals surface area (Å²) in [5, 5.41) is 17.3. The zero-order valence-corrected chi connectivity index (χ0v) is 13.9. The molecule has 1 aromatic heterocycles. The highest BCUT2D eigenvalue weighted by Crippen LogP contribution is 2.30. The minimum absolute atomic E-state index is 0.380. The van der Waals surface area contributed by atoms with E-state index in [1.54, 1.807) is 4.68 Å². The number of ether oxygens (including phenoxy) is 2. The van der Waals surface area contributed by atoms with Crippen LogP contribution in [0.25, 0.3) is 5.69 Å². The Balaban J connectivity index is 2.43. The lowest BCUT2D eigenvalue weighted by molar-refractivity contribution is 0.287. The number of hydrogen-bond acceptors (Lipinski definition) is 5. The smallest absolute Gasteiger partial charge is 0.186 e. The fraction of sp³-hybridized carbons (Fsp3) is 0.471. The molecule has 0 saturated carbocycles. The summed E-state index contributed by atoms with van der Waals surface area (Å²) >= 11 is 0.